The molecule has 0 atom stereocenters. The number of nitrogens with zero attached hydrogens (tertiary/aromatic N) is 4. The van der Waals surface area contributed by atoms with Crippen molar-refractivity contribution in [3.63, 3.8) is 0 Å². The fourth-order valence-corrected chi connectivity index (χ4v) is 2.85. The molecule has 1 aliphatic heterocycles. The lowest BCUT2D eigenvalue weighted by Crippen LogP contribution is -2.14. The Balaban J connectivity index is 1.89. The summed E-state index contributed by atoms with van der Waals surface area (Å²) in [4.78, 5) is 19.6. The van der Waals surface area contributed by atoms with Gasteiger partial charge in [0.05, 0.1) is 0 Å². The lowest BCUT2D eigenvalue weighted by molar-refractivity contribution is 0.102. The predicted molar refractivity (Wildman–Crippen MR) is 69.8 cm³/mol. The van der Waals surface area contributed by atoms with Crippen molar-refractivity contribution in [2.75, 3.05) is 11.1 Å². The fourth-order valence-electron chi connectivity index (χ4n) is 1.90. The summed E-state index contributed by atoms with van der Waals surface area (Å²) < 4.78 is 14.7. The molecule has 100 valence electrons. The number of hydrogen-bond acceptors (Lipinski definition) is 5. The minimum atomic E-state index is -0.735. The summed E-state index contributed by atoms with van der Waals surface area (Å²) in [6, 6.07) is 4.45. The first-order valence-electron chi connectivity index (χ1n) is 5.75. The zero-order chi connectivity index (χ0) is 14.1. The van der Waals surface area contributed by atoms with Crippen molar-refractivity contribution in [2.45, 2.75) is 11.7 Å². The van der Waals surface area contributed by atoms with E-state index in [0.29, 0.717) is 17.4 Å². The third kappa shape index (κ3) is 2.12. The number of anilines is 1. The lowest BCUT2D eigenvalue weighted by Gasteiger charge is -2.03. The van der Waals surface area contributed by atoms with E-state index in [1.165, 1.54) is 24.0 Å². The van der Waals surface area contributed by atoms with Gasteiger partial charge in [0.1, 0.15) is 6.07 Å². The standard InChI is InChI=1S/C12H8FN5OS/c13-9-5-7(1-2-15-9)11(19)16-10-8(6-14)18-3-4-20-12(18)17-10/h1-2,5H,3-4H2,(H,16,19). The SMILES string of the molecule is N#Cc1c(NC(=O)c2ccnc(F)c2)nc2n1CCS2. The second-order valence-corrected chi connectivity index (χ2v) is 5.09. The van der Waals surface area contributed by atoms with E-state index in [4.69, 9.17) is 5.26 Å². The van der Waals surface area contributed by atoms with Crippen LogP contribution in [0.5, 0.6) is 0 Å². The summed E-state index contributed by atoms with van der Waals surface area (Å²) in [5.74, 6) is -0.191. The molecule has 1 aliphatic rings. The number of thioether (sulfide) groups is 1. The Hall–Kier alpha value is -2.40. The minimum Gasteiger partial charge on any atom is -0.308 e. The lowest BCUT2D eigenvalue weighted by atomic mass is 10.2. The number of nitriles is 1. The summed E-state index contributed by atoms with van der Waals surface area (Å²) >= 11 is 1.52. The van der Waals surface area contributed by atoms with Gasteiger partial charge < -0.3 is 9.88 Å². The normalized spacial score (nSPS) is 12.8. The molecule has 6 nitrogen and oxygen atoms in total. The topological polar surface area (TPSA) is 83.6 Å². The van der Waals surface area contributed by atoms with Crippen LogP contribution in [0.25, 0.3) is 0 Å². The first-order valence-corrected chi connectivity index (χ1v) is 6.74. The molecule has 2 aromatic heterocycles. The molecule has 3 rings (SSSR count). The maximum absolute atomic E-state index is 13.0. The molecule has 0 aliphatic carbocycles. The Morgan fingerprint density at radius 3 is 3.20 bits per heavy atom. The van der Waals surface area contributed by atoms with Gasteiger partial charge in [-0.1, -0.05) is 11.8 Å². The Morgan fingerprint density at radius 1 is 1.60 bits per heavy atom. The molecular formula is C12H8FN5OS. The maximum Gasteiger partial charge on any atom is 0.257 e. The van der Waals surface area contributed by atoms with Gasteiger partial charge in [0.15, 0.2) is 16.7 Å². The van der Waals surface area contributed by atoms with Crippen LogP contribution in [0.4, 0.5) is 10.2 Å². The Morgan fingerprint density at radius 2 is 2.45 bits per heavy atom. The highest BCUT2D eigenvalue weighted by atomic mass is 32.2. The maximum atomic E-state index is 13.0. The number of nitrogens with one attached hydrogen (secondary N) is 1. The van der Waals surface area contributed by atoms with Crippen LogP contribution < -0.4 is 5.32 Å². The summed E-state index contributed by atoms with van der Waals surface area (Å²) in [5.41, 5.74) is 0.440. The summed E-state index contributed by atoms with van der Waals surface area (Å²) in [6.07, 6.45) is 1.21. The van der Waals surface area contributed by atoms with Gasteiger partial charge in [-0.05, 0) is 6.07 Å². The van der Waals surface area contributed by atoms with Crippen molar-refractivity contribution in [3.05, 3.63) is 35.5 Å². The molecule has 0 fully saturated rings. The van der Waals surface area contributed by atoms with Crippen molar-refractivity contribution in [2.24, 2.45) is 0 Å². The number of imidazole rings is 1. The second kappa shape index (κ2) is 4.94. The Kier molecular flexibility index (Phi) is 3.12. The number of carbonyl (C=O) groups excluding carboxylic acids is 1. The number of rotatable bonds is 2. The van der Waals surface area contributed by atoms with Crippen molar-refractivity contribution in [3.8, 4) is 6.07 Å². The van der Waals surface area contributed by atoms with Crippen LogP contribution in [-0.4, -0.2) is 26.2 Å². The largest absolute Gasteiger partial charge is 0.308 e. The summed E-state index contributed by atoms with van der Waals surface area (Å²) in [6.45, 7) is 0.690. The number of amides is 1. The molecule has 1 N–H and O–H groups in total. The monoisotopic (exact) mass is 289 g/mol. The third-order valence-corrected chi connectivity index (χ3v) is 3.76. The number of pyridine rings is 1. The van der Waals surface area contributed by atoms with Gasteiger partial charge in [-0.25, -0.2) is 9.97 Å². The molecular weight excluding hydrogens is 281 g/mol. The van der Waals surface area contributed by atoms with Gasteiger partial charge in [0, 0.05) is 30.1 Å². The molecule has 0 saturated carbocycles. The van der Waals surface area contributed by atoms with E-state index < -0.39 is 11.9 Å². The second-order valence-electron chi connectivity index (χ2n) is 4.02. The first-order chi connectivity index (χ1) is 9.69. The first kappa shape index (κ1) is 12.6. The third-order valence-electron chi connectivity index (χ3n) is 2.81. The van der Waals surface area contributed by atoms with Crippen LogP contribution in [0, 0.1) is 17.3 Å². The molecule has 0 unspecified atom stereocenters. The molecule has 3 heterocycles. The highest BCUT2D eigenvalue weighted by Crippen LogP contribution is 2.30. The van der Waals surface area contributed by atoms with Crippen LogP contribution in [-0.2, 0) is 6.54 Å². The van der Waals surface area contributed by atoms with E-state index >= 15 is 0 Å². The number of carbonyl (C=O) groups is 1. The van der Waals surface area contributed by atoms with Gasteiger partial charge in [0.2, 0.25) is 5.95 Å². The summed E-state index contributed by atoms with van der Waals surface area (Å²) in [5, 5.41) is 12.4. The average molecular weight is 289 g/mol. The van der Waals surface area contributed by atoms with E-state index in [0.717, 1.165) is 11.8 Å². The number of halogens is 1. The molecule has 20 heavy (non-hydrogen) atoms. The highest BCUT2D eigenvalue weighted by Gasteiger charge is 2.23. The molecule has 2 aromatic rings. The number of fused-ring (bicyclic) bond motifs is 1. The molecule has 0 radical (unpaired) electrons. The van der Waals surface area contributed by atoms with Crippen molar-refractivity contribution < 1.29 is 9.18 Å². The van der Waals surface area contributed by atoms with E-state index in [-0.39, 0.29) is 11.4 Å². The molecule has 8 heteroatoms. The van der Waals surface area contributed by atoms with Crippen molar-refractivity contribution in [1.82, 2.24) is 14.5 Å². The van der Waals surface area contributed by atoms with E-state index in [1.807, 2.05) is 6.07 Å². The predicted octanol–water partition coefficient (Wildman–Crippen LogP) is 1.65. The van der Waals surface area contributed by atoms with Gasteiger partial charge in [-0.2, -0.15) is 9.65 Å². The van der Waals surface area contributed by atoms with Crippen LogP contribution in [0.15, 0.2) is 23.5 Å². The summed E-state index contributed by atoms with van der Waals surface area (Å²) in [7, 11) is 0. The van der Waals surface area contributed by atoms with Gasteiger partial charge in [-0.3, -0.25) is 4.79 Å². The minimum absolute atomic E-state index is 0.127. The molecule has 0 saturated heterocycles. The Labute approximate surface area is 117 Å². The van der Waals surface area contributed by atoms with E-state index in [9.17, 15) is 9.18 Å². The van der Waals surface area contributed by atoms with Gasteiger partial charge in [-0.15, -0.1) is 0 Å². The zero-order valence-corrected chi connectivity index (χ0v) is 10.9. The van der Waals surface area contributed by atoms with Crippen LogP contribution in [0.3, 0.4) is 0 Å². The number of aromatic nitrogens is 3. The molecule has 0 bridgehead atoms. The van der Waals surface area contributed by atoms with Crippen LogP contribution >= 0.6 is 11.8 Å². The quantitative estimate of drug-likeness (QED) is 0.850. The fraction of sp³-hybridized carbons (Fsp3) is 0.167. The van der Waals surface area contributed by atoms with E-state index in [1.54, 1.807) is 4.57 Å². The van der Waals surface area contributed by atoms with Crippen molar-refractivity contribution >= 4 is 23.5 Å². The molecule has 0 spiro atoms. The van der Waals surface area contributed by atoms with Crippen LogP contribution in [0.2, 0.25) is 0 Å². The highest BCUT2D eigenvalue weighted by molar-refractivity contribution is 7.99. The average Bonchev–Trinajstić information content (AvgIpc) is 2.98. The smallest absolute Gasteiger partial charge is 0.257 e. The van der Waals surface area contributed by atoms with E-state index in [2.05, 4.69) is 15.3 Å². The molecule has 0 aromatic carbocycles. The molecule has 1 amide bonds. The zero-order valence-electron chi connectivity index (χ0n) is 10.1. The van der Waals surface area contributed by atoms with Gasteiger partial charge >= 0.3 is 0 Å². The number of hydrogen-bond donors (Lipinski definition) is 1. The van der Waals surface area contributed by atoms with Crippen molar-refractivity contribution in [1.29, 1.82) is 5.26 Å². The Bertz CT molecular complexity index is 736. The van der Waals surface area contributed by atoms with Crippen LogP contribution in [0.1, 0.15) is 16.1 Å². The van der Waals surface area contributed by atoms with Gasteiger partial charge in [0.25, 0.3) is 5.91 Å².